The number of nitro groups is 1. The molecule has 0 aliphatic heterocycles. The summed E-state index contributed by atoms with van der Waals surface area (Å²) in [6.45, 7) is 1.74. The number of ether oxygens (including phenoxy) is 2. The molecule has 0 saturated heterocycles. The van der Waals surface area contributed by atoms with Crippen molar-refractivity contribution >= 4 is 28.7 Å². The third kappa shape index (κ3) is 4.43. The van der Waals surface area contributed by atoms with Crippen LogP contribution in [0, 0.1) is 22.9 Å². The van der Waals surface area contributed by atoms with Crippen molar-refractivity contribution in [1.29, 1.82) is 0 Å². The molecular formula is C22H18FN5O5S. The molecule has 0 aliphatic rings. The molecule has 34 heavy (non-hydrogen) atoms. The highest BCUT2D eigenvalue weighted by Crippen LogP contribution is 2.35. The van der Waals surface area contributed by atoms with Crippen LogP contribution in [-0.2, 0) is 0 Å². The number of amides is 1. The van der Waals surface area contributed by atoms with E-state index >= 15 is 0 Å². The van der Waals surface area contributed by atoms with E-state index in [4.69, 9.17) is 9.47 Å². The van der Waals surface area contributed by atoms with Gasteiger partial charge in [-0.15, -0.1) is 11.3 Å². The van der Waals surface area contributed by atoms with Gasteiger partial charge >= 0.3 is 0 Å². The summed E-state index contributed by atoms with van der Waals surface area (Å²) in [5, 5.41) is 20.9. The second kappa shape index (κ2) is 9.27. The molecule has 0 fully saturated rings. The van der Waals surface area contributed by atoms with Crippen LogP contribution in [-0.4, -0.2) is 39.8 Å². The van der Waals surface area contributed by atoms with E-state index in [1.165, 1.54) is 48.4 Å². The Labute approximate surface area is 196 Å². The summed E-state index contributed by atoms with van der Waals surface area (Å²) in [5.41, 5.74) is 1.28. The van der Waals surface area contributed by atoms with Gasteiger partial charge in [-0.1, -0.05) is 0 Å². The van der Waals surface area contributed by atoms with Crippen molar-refractivity contribution in [2.45, 2.75) is 6.92 Å². The Bertz CT molecular complexity index is 1380. The van der Waals surface area contributed by atoms with Gasteiger partial charge < -0.3 is 14.8 Å². The second-order valence-electron chi connectivity index (χ2n) is 7.04. The number of carbonyl (C=O) groups excluding carboxylic acids is 1. The topological polar surface area (TPSA) is 121 Å². The van der Waals surface area contributed by atoms with Gasteiger partial charge in [-0.25, -0.2) is 9.37 Å². The third-order valence-corrected chi connectivity index (χ3v) is 5.65. The maximum Gasteiger partial charge on any atom is 0.286 e. The number of rotatable bonds is 7. The van der Waals surface area contributed by atoms with Crippen molar-refractivity contribution in [3.63, 3.8) is 0 Å². The normalized spacial score (nSPS) is 10.7. The van der Waals surface area contributed by atoms with Gasteiger partial charge in [0, 0.05) is 23.1 Å². The Kier molecular flexibility index (Phi) is 6.23. The molecule has 0 spiro atoms. The number of nitrogens with one attached hydrogen (secondary N) is 1. The summed E-state index contributed by atoms with van der Waals surface area (Å²) in [6.07, 6.45) is 0. The van der Waals surface area contributed by atoms with Crippen molar-refractivity contribution in [2.75, 3.05) is 19.5 Å². The van der Waals surface area contributed by atoms with E-state index in [0.717, 1.165) is 11.6 Å². The van der Waals surface area contributed by atoms with Crippen LogP contribution in [0.2, 0.25) is 0 Å². The minimum Gasteiger partial charge on any atom is -0.493 e. The maximum absolute atomic E-state index is 13.2. The molecule has 12 heteroatoms. The number of carbonyl (C=O) groups is 1. The molecule has 0 aliphatic carbocycles. The van der Waals surface area contributed by atoms with Crippen LogP contribution in [0.5, 0.6) is 11.5 Å². The first kappa shape index (κ1) is 22.9. The molecule has 0 saturated carbocycles. The molecule has 1 N–H and O–H groups in total. The minimum atomic E-state index is -0.732. The smallest absolute Gasteiger partial charge is 0.286 e. The molecule has 0 radical (unpaired) electrons. The van der Waals surface area contributed by atoms with Crippen LogP contribution in [0.25, 0.3) is 16.4 Å². The maximum atomic E-state index is 13.2. The first-order chi connectivity index (χ1) is 16.3. The molecule has 4 aromatic rings. The van der Waals surface area contributed by atoms with Gasteiger partial charge in [-0.3, -0.25) is 14.9 Å². The van der Waals surface area contributed by atoms with Gasteiger partial charge in [0.25, 0.3) is 11.6 Å². The SMILES string of the molecule is COc1cc(C(=O)Nc2cc(C)nn2-c2nc(-c3ccc(F)cc3)cs2)c([N+](=O)[O-])cc1OC. The van der Waals surface area contributed by atoms with Gasteiger partial charge in [-0.05, 0) is 31.2 Å². The van der Waals surface area contributed by atoms with E-state index in [9.17, 15) is 19.3 Å². The molecule has 2 heterocycles. The predicted molar refractivity (Wildman–Crippen MR) is 124 cm³/mol. The minimum absolute atomic E-state index is 0.128. The largest absolute Gasteiger partial charge is 0.493 e. The van der Waals surface area contributed by atoms with E-state index in [0.29, 0.717) is 16.5 Å². The number of nitrogens with zero attached hydrogens (tertiary/aromatic N) is 4. The summed E-state index contributed by atoms with van der Waals surface area (Å²) < 4.78 is 24.9. The average molecular weight is 483 g/mol. The molecule has 0 unspecified atom stereocenters. The number of hydrogen-bond donors (Lipinski definition) is 1. The molecule has 10 nitrogen and oxygen atoms in total. The summed E-state index contributed by atoms with van der Waals surface area (Å²) in [5.74, 6) is -0.513. The fourth-order valence-electron chi connectivity index (χ4n) is 3.23. The van der Waals surface area contributed by atoms with Crippen molar-refractivity contribution < 1.29 is 23.6 Å². The Morgan fingerprint density at radius 3 is 2.47 bits per heavy atom. The number of halogens is 1. The second-order valence-corrected chi connectivity index (χ2v) is 7.88. The monoisotopic (exact) mass is 483 g/mol. The van der Waals surface area contributed by atoms with Crippen molar-refractivity contribution in [2.24, 2.45) is 0 Å². The highest BCUT2D eigenvalue weighted by atomic mass is 32.1. The molecule has 1 amide bonds. The number of thiazole rings is 1. The van der Waals surface area contributed by atoms with E-state index in [1.54, 1.807) is 30.5 Å². The van der Waals surface area contributed by atoms with Gasteiger partial charge in [0.1, 0.15) is 17.2 Å². The van der Waals surface area contributed by atoms with Crippen LogP contribution < -0.4 is 14.8 Å². The van der Waals surface area contributed by atoms with E-state index in [1.807, 2.05) is 0 Å². The van der Waals surface area contributed by atoms with Gasteiger partial charge in [-0.2, -0.15) is 9.78 Å². The van der Waals surface area contributed by atoms with Gasteiger partial charge in [0.15, 0.2) is 11.5 Å². The van der Waals surface area contributed by atoms with Crippen molar-refractivity contribution in [3.05, 3.63) is 75.0 Å². The Morgan fingerprint density at radius 1 is 1.15 bits per heavy atom. The fraction of sp³-hybridized carbons (Fsp3) is 0.136. The Morgan fingerprint density at radius 2 is 1.82 bits per heavy atom. The standard InChI is InChI=1S/C22H18FN5O5S/c1-12-8-20(25-21(29)15-9-18(32-2)19(33-3)10-17(15)28(30)31)27(26-12)22-24-16(11-34-22)13-4-6-14(23)7-5-13/h4-11H,1-3H3,(H,25,29). The molecule has 0 bridgehead atoms. The van der Waals surface area contributed by atoms with E-state index in [2.05, 4.69) is 15.4 Å². The zero-order valence-corrected chi connectivity index (χ0v) is 19.1. The number of methoxy groups -OCH3 is 2. The van der Waals surface area contributed by atoms with E-state index < -0.39 is 16.5 Å². The number of hydrogen-bond acceptors (Lipinski definition) is 8. The van der Waals surface area contributed by atoms with Crippen LogP contribution in [0.1, 0.15) is 16.1 Å². The molecule has 0 atom stereocenters. The lowest BCUT2D eigenvalue weighted by molar-refractivity contribution is -0.385. The number of nitro benzene ring substituents is 1. The summed E-state index contributed by atoms with van der Waals surface area (Å²) in [4.78, 5) is 28.5. The van der Waals surface area contributed by atoms with Gasteiger partial charge in [0.2, 0.25) is 5.13 Å². The number of anilines is 1. The quantitative estimate of drug-likeness (QED) is 0.301. The first-order valence-electron chi connectivity index (χ1n) is 9.81. The Hall–Kier alpha value is -4.32. The number of benzene rings is 2. The first-order valence-corrected chi connectivity index (χ1v) is 10.7. The van der Waals surface area contributed by atoms with Gasteiger partial charge in [0.05, 0.1) is 36.6 Å². The van der Waals surface area contributed by atoms with Crippen molar-refractivity contribution in [1.82, 2.24) is 14.8 Å². The lowest BCUT2D eigenvalue weighted by atomic mass is 10.1. The van der Waals surface area contributed by atoms with Crippen molar-refractivity contribution in [3.8, 4) is 27.9 Å². The number of aryl methyl sites for hydroxylation is 1. The molecule has 4 rings (SSSR count). The molecular weight excluding hydrogens is 465 g/mol. The highest BCUT2D eigenvalue weighted by molar-refractivity contribution is 7.12. The van der Waals surface area contributed by atoms with Crippen LogP contribution >= 0.6 is 11.3 Å². The highest BCUT2D eigenvalue weighted by Gasteiger charge is 2.26. The summed E-state index contributed by atoms with van der Waals surface area (Å²) >= 11 is 1.27. The third-order valence-electron chi connectivity index (χ3n) is 4.83. The summed E-state index contributed by atoms with van der Waals surface area (Å²) in [6, 6.07) is 9.90. The lowest BCUT2D eigenvalue weighted by Gasteiger charge is -2.11. The zero-order valence-electron chi connectivity index (χ0n) is 18.2. The van der Waals surface area contributed by atoms with Crippen LogP contribution in [0.15, 0.2) is 47.8 Å². The summed E-state index contributed by atoms with van der Waals surface area (Å²) in [7, 11) is 2.71. The number of aromatic nitrogens is 3. The lowest BCUT2D eigenvalue weighted by Crippen LogP contribution is -2.17. The van der Waals surface area contributed by atoms with Crippen LogP contribution in [0.3, 0.4) is 0 Å². The van der Waals surface area contributed by atoms with E-state index in [-0.39, 0.29) is 28.7 Å². The fourth-order valence-corrected chi connectivity index (χ4v) is 4.03. The Balaban J connectivity index is 1.68. The molecule has 174 valence electrons. The zero-order chi connectivity index (χ0) is 24.4. The van der Waals surface area contributed by atoms with Crippen LogP contribution in [0.4, 0.5) is 15.9 Å². The molecule has 2 aromatic heterocycles. The molecule has 2 aromatic carbocycles. The average Bonchev–Trinajstić information content (AvgIpc) is 3.45. The predicted octanol–water partition coefficient (Wildman–Crippen LogP) is 4.62.